The Balaban J connectivity index is 1.70. The summed E-state index contributed by atoms with van der Waals surface area (Å²) in [4.78, 5) is 10.7. The second-order valence-corrected chi connectivity index (χ2v) is 8.17. The summed E-state index contributed by atoms with van der Waals surface area (Å²) >= 11 is 0. The summed E-state index contributed by atoms with van der Waals surface area (Å²) in [5.41, 5.74) is 4.84. The van der Waals surface area contributed by atoms with Gasteiger partial charge in [0.05, 0.1) is 17.9 Å². The van der Waals surface area contributed by atoms with Gasteiger partial charge in [0, 0.05) is 25.3 Å². The summed E-state index contributed by atoms with van der Waals surface area (Å²) in [7, 11) is 0. The van der Waals surface area contributed by atoms with E-state index in [1.54, 1.807) is 0 Å². The molecule has 1 aromatic heterocycles. The fourth-order valence-corrected chi connectivity index (χ4v) is 4.05. The van der Waals surface area contributed by atoms with Crippen LogP contribution in [0.1, 0.15) is 70.3 Å². The van der Waals surface area contributed by atoms with Crippen molar-refractivity contribution in [2.45, 2.75) is 65.5 Å². The van der Waals surface area contributed by atoms with Crippen LogP contribution in [0.25, 0.3) is 11.3 Å². The molecule has 0 radical (unpaired) electrons. The second-order valence-electron chi connectivity index (χ2n) is 8.17. The van der Waals surface area contributed by atoms with Crippen LogP contribution in [0.2, 0.25) is 0 Å². The van der Waals surface area contributed by atoms with E-state index in [-0.39, 0.29) is 6.04 Å². The quantitative estimate of drug-likeness (QED) is 0.303. The largest absolute Gasteiger partial charge is 0.372 e. The lowest BCUT2D eigenvalue weighted by atomic mass is 10.1. The van der Waals surface area contributed by atoms with Crippen molar-refractivity contribution in [2.75, 3.05) is 18.0 Å². The van der Waals surface area contributed by atoms with Gasteiger partial charge in [0.25, 0.3) is 0 Å². The number of imidazole rings is 1. The summed E-state index contributed by atoms with van der Waals surface area (Å²) in [6.07, 6.45) is 8.13. The number of aromatic nitrogens is 2. The predicted molar refractivity (Wildman–Crippen MR) is 132 cm³/mol. The van der Waals surface area contributed by atoms with Crippen LogP contribution in [-0.4, -0.2) is 23.1 Å². The second kappa shape index (κ2) is 12.3. The van der Waals surface area contributed by atoms with E-state index in [2.05, 4.69) is 90.6 Å². The molecule has 4 heteroatoms. The SMILES string of the molecule is CCCCCCC(NCc1ccccc1)c1ncc(-c2ccc(N(CC)CC)cc2)[nH]1. The summed E-state index contributed by atoms with van der Waals surface area (Å²) < 4.78 is 0. The van der Waals surface area contributed by atoms with Gasteiger partial charge in [0.1, 0.15) is 5.82 Å². The Morgan fingerprint density at radius 3 is 2.32 bits per heavy atom. The van der Waals surface area contributed by atoms with E-state index in [0.717, 1.165) is 37.6 Å². The molecule has 3 rings (SSSR count). The normalized spacial score (nSPS) is 12.1. The van der Waals surface area contributed by atoms with Crippen LogP contribution in [0.3, 0.4) is 0 Å². The molecule has 0 saturated heterocycles. The first-order valence-electron chi connectivity index (χ1n) is 11.9. The van der Waals surface area contributed by atoms with Gasteiger partial charge in [0.2, 0.25) is 0 Å². The Morgan fingerprint density at radius 1 is 0.903 bits per heavy atom. The summed E-state index contributed by atoms with van der Waals surface area (Å²) in [5, 5.41) is 3.73. The van der Waals surface area contributed by atoms with Crippen LogP contribution in [0.4, 0.5) is 5.69 Å². The van der Waals surface area contributed by atoms with Crippen LogP contribution < -0.4 is 10.2 Å². The van der Waals surface area contributed by atoms with Crippen molar-refractivity contribution in [1.29, 1.82) is 0 Å². The highest BCUT2D eigenvalue weighted by Gasteiger charge is 2.15. The fourth-order valence-electron chi connectivity index (χ4n) is 4.05. The van der Waals surface area contributed by atoms with Crippen LogP contribution in [0.15, 0.2) is 60.8 Å². The number of hydrogen-bond acceptors (Lipinski definition) is 3. The minimum Gasteiger partial charge on any atom is -0.372 e. The maximum Gasteiger partial charge on any atom is 0.123 e. The van der Waals surface area contributed by atoms with Gasteiger partial charge in [-0.25, -0.2) is 4.98 Å². The summed E-state index contributed by atoms with van der Waals surface area (Å²) in [6.45, 7) is 9.56. The number of benzene rings is 2. The number of nitrogens with one attached hydrogen (secondary N) is 2. The van der Waals surface area contributed by atoms with Crippen molar-refractivity contribution >= 4 is 5.69 Å². The van der Waals surface area contributed by atoms with Crippen LogP contribution in [0.5, 0.6) is 0 Å². The maximum absolute atomic E-state index is 4.77. The first kappa shape index (κ1) is 23.1. The first-order valence-corrected chi connectivity index (χ1v) is 11.9. The molecule has 0 bridgehead atoms. The third kappa shape index (κ3) is 6.70. The Morgan fingerprint density at radius 2 is 1.65 bits per heavy atom. The minimum atomic E-state index is 0.237. The smallest absolute Gasteiger partial charge is 0.123 e. The van der Waals surface area contributed by atoms with Gasteiger partial charge >= 0.3 is 0 Å². The highest BCUT2D eigenvalue weighted by atomic mass is 15.1. The molecule has 0 amide bonds. The van der Waals surface area contributed by atoms with Crippen molar-refractivity contribution < 1.29 is 0 Å². The van der Waals surface area contributed by atoms with Gasteiger partial charge in [-0.05, 0) is 43.5 Å². The Labute approximate surface area is 188 Å². The molecule has 1 atom stereocenters. The fraction of sp³-hybridized carbons (Fsp3) is 0.444. The average molecular weight is 419 g/mol. The van der Waals surface area contributed by atoms with E-state index in [1.165, 1.54) is 42.5 Å². The van der Waals surface area contributed by atoms with Gasteiger partial charge < -0.3 is 15.2 Å². The third-order valence-electron chi connectivity index (χ3n) is 5.97. The number of hydrogen-bond donors (Lipinski definition) is 2. The van der Waals surface area contributed by atoms with Gasteiger partial charge in [-0.15, -0.1) is 0 Å². The molecule has 0 spiro atoms. The Bertz CT molecular complexity index is 866. The monoisotopic (exact) mass is 418 g/mol. The van der Waals surface area contributed by atoms with Gasteiger partial charge in [-0.2, -0.15) is 0 Å². The van der Waals surface area contributed by atoms with Gasteiger partial charge in [0.15, 0.2) is 0 Å². The van der Waals surface area contributed by atoms with Gasteiger partial charge in [-0.1, -0.05) is 75.1 Å². The van der Waals surface area contributed by atoms with Crippen molar-refractivity contribution in [2.24, 2.45) is 0 Å². The standard InChI is InChI=1S/C27H38N4/c1-4-7-8-12-15-25(28-20-22-13-10-9-11-14-22)27-29-21-26(30-27)23-16-18-24(19-17-23)31(5-2)6-3/h9-11,13-14,16-19,21,25,28H,4-8,12,15,20H2,1-3H3,(H,29,30). The summed E-state index contributed by atoms with van der Waals surface area (Å²) in [6, 6.07) is 19.6. The predicted octanol–water partition coefficient (Wildman–Crippen LogP) is 6.72. The number of nitrogens with zero attached hydrogens (tertiary/aromatic N) is 2. The zero-order valence-corrected chi connectivity index (χ0v) is 19.4. The minimum absolute atomic E-state index is 0.237. The molecule has 0 saturated carbocycles. The Hall–Kier alpha value is -2.59. The molecule has 4 nitrogen and oxygen atoms in total. The highest BCUT2D eigenvalue weighted by Crippen LogP contribution is 2.25. The van der Waals surface area contributed by atoms with E-state index >= 15 is 0 Å². The molecule has 0 fully saturated rings. The molecule has 166 valence electrons. The molecule has 0 aliphatic carbocycles. The van der Waals surface area contributed by atoms with Crippen molar-refractivity contribution in [3.05, 3.63) is 72.2 Å². The molecule has 0 aliphatic rings. The molecule has 1 unspecified atom stereocenters. The van der Waals surface area contributed by atoms with Gasteiger partial charge in [-0.3, -0.25) is 0 Å². The molecular weight excluding hydrogens is 380 g/mol. The number of rotatable bonds is 13. The highest BCUT2D eigenvalue weighted by molar-refractivity contribution is 5.62. The average Bonchev–Trinajstić information content (AvgIpc) is 3.31. The lowest BCUT2D eigenvalue weighted by molar-refractivity contribution is 0.453. The zero-order valence-electron chi connectivity index (χ0n) is 19.4. The molecule has 2 aromatic carbocycles. The first-order chi connectivity index (χ1) is 15.2. The Kier molecular flexibility index (Phi) is 9.16. The molecule has 31 heavy (non-hydrogen) atoms. The van der Waals surface area contributed by atoms with E-state index in [1.807, 2.05) is 6.20 Å². The molecule has 2 N–H and O–H groups in total. The zero-order chi connectivity index (χ0) is 21.9. The van der Waals surface area contributed by atoms with Crippen molar-refractivity contribution in [3.8, 4) is 11.3 Å². The maximum atomic E-state index is 4.77. The van der Waals surface area contributed by atoms with Crippen LogP contribution in [-0.2, 0) is 6.54 Å². The van der Waals surface area contributed by atoms with E-state index in [0.29, 0.717) is 0 Å². The topological polar surface area (TPSA) is 44.0 Å². The third-order valence-corrected chi connectivity index (χ3v) is 5.97. The van der Waals surface area contributed by atoms with Crippen molar-refractivity contribution in [1.82, 2.24) is 15.3 Å². The molecule has 1 heterocycles. The number of H-pyrrole nitrogens is 1. The lowest BCUT2D eigenvalue weighted by Gasteiger charge is -2.21. The molecule has 0 aliphatic heterocycles. The number of anilines is 1. The molecule has 3 aromatic rings. The van der Waals surface area contributed by atoms with Crippen LogP contribution in [0, 0.1) is 0 Å². The van der Waals surface area contributed by atoms with E-state index in [9.17, 15) is 0 Å². The van der Waals surface area contributed by atoms with E-state index < -0.39 is 0 Å². The van der Waals surface area contributed by atoms with Crippen LogP contribution >= 0.6 is 0 Å². The number of unbranched alkanes of at least 4 members (excludes halogenated alkanes) is 3. The van der Waals surface area contributed by atoms with E-state index in [4.69, 9.17) is 4.98 Å². The lowest BCUT2D eigenvalue weighted by Crippen LogP contribution is -2.22. The summed E-state index contributed by atoms with van der Waals surface area (Å²) in [5.74, 6) is 1.04. The van der Waals surface area contributed by atoms with Crippen molar-refractivity contribution in [3.63, 3.8) is 0 Å². The molecular formula is C27H38N4. The number of aromatic amines is 1.